The van der Waals surface area contributed by atoms with E-state index in [0.717, 1.165) is 5.56 Å². The molecule has 1 aromatic rings. The molecule has 1 unspecified atom stereocenters. The monoisotopic (exact) mass is 264 g/mol. The Bertz CT molecular complexity index is 472. The number of carboxylic acids is 1. The molecule has 5 nitrogen and oxygen atoms in total. The fraction of sp³-hybridized carbons (Fsp3) is 0.429. The summed E-state index contributed by atoms with van der Waals surface area (Å²) in [5.74, 6) is -0.955. The molecule has 0 aromatic heterocycles. The van der Waals surface area contributed by atoms with E-state index in [1.165, 1.54) is 0 Å². The van der Waals surface area contributed by atoms with Gasteiger partial charge in [0.05, 0.1) is 11.3 Å². The van der Waals surface area contributed by atoms with Crippen molar-refractivity contribution in [1.82, 2.24) is 0 Å². The number of nitrogens with two attached hydrogens (primary N) is 1. The molecule has 0 aliphatic heterocycles. The van der Waals surface area contributed by atoms with Crippen molar-refractivity contribution in [3.05, 3.63) is 29.3 Å². The molecule has 19 heavy (non-hydrogen) atoms. The Balaban J connectivity index is 2.71. The first-order chi connectivity index (χ1) is 8.93. The number of aromatic carboxylic acids is 1. The van der Waals surface area contributed by atoms with Crippen LogP contribution in [0.2, 0.25) is 0 Å². The smallest absolute Gasteiger partial charge is 0.337 e. The van der Waals surface area contributed by atoms with Crippen LogP contribution in [0.1, 0.15) is 35.7 Å². The van der Waals surface area contributed by atoms with Gasteiger partial charge in [0.25, 0.3) is 0 Å². The van der Waals surface area contributed by atoms with Crippen LogP contribution in [0.4, 0.5) is 5.69 Å². The summed E-state index contributed by atoms with van der Waals surface area (Å²) in [5.41, 5.74) is 6.77. The van der Waals surface area contributed by atoms with Crippen molar-refractivity contribution in [3.63, 3.8) is 0 Å². The molecule has 0 saturated heterocycles. The zero-order chi connectivity index (χ0) is 14.4. The predicted molar refractivity (Wildman–Crippen MR) is 74.2 cm³/mol. The Hall–Kier alpha value is -1.88. The molecular formula is C14H20N2O3. The van der Waals surface area contributed by atoms with E-state index in [1.807, 2.05) is 6.92 Å². The van der Waals surface area contributed by atoms with E-state index in [2.05, 4.69) is 5.32 Å². The predicted octanol–water partition coefficient (Wildman–Crippen LogP) is 2.01. The Morgan fingerprint density at radius 3 is 2.68 bits per heavy atom. The van der Waals surface area contributed by atoms with Gasteiger partial charge < -0.3 is 16.2 Å². The molecule has 1 amide bonds. The molecule has 0 aliphatic carbocycles. The van der Waals surface area contributed by atoms with E-state index in [0.29, 0.717) is 25.1 Å². The summed E-state index contributed by atoms with van der Waals surface area (Å²) in [6, 6.07) is 4.92. The molecule has 1 rings (SSSR count). The second kappa shape index (κ2) is 6.89. The largest absolute Gasteiger partial charge is 0.478 e. The molecule has 4 N–H and O–H groups in total. The van der Waals surface area contributed by atoms with Gasteiger partial charge in [0.15, 0.2) is 0 Å². The first-order valence-electron chi connectivity index (χ1n) is 6.28. The Morgan fingerprint density at radius 1 is 1.42 bits per heavy atom. The van der Waals surface area contributed by atoms with Gasteiger partial charge in [-0.3, -0.25) is 4.79 Å². The molecule has 0 spiro atoms. The highest BCUT2D eigenvalue weighted by Gasteiger charge is 2.13. The highest BCUT2D eigenvalue weighted by molar-refractivity contribution is 6.00. The lowest BCUT2D eigenvalue weighted by Crippen LogP contribution is -2.17. The second-order valence-corrected chi connectivity index (χ2v) is 4.78. The Morgan fingerprint density at radius 2 is 2.11 bits per heavy atom. The SMILES string of the molecule is Cc1ccc(NC(=O)CCC(C)CN)c(C(=O)O)c1. The van der Waals surface area contributed by atoms with E-state index >= 15 is 0 Å². The number of nitrogens with one attached hydrogen (secondary N) is 1. The van der Waals surface area contributed by atoms with Crippen LogP contribution in [0.3, 0.4) is 0 Å². The quantitative estimate of drug-likeness (QED) is 0.732. The summed E-state index contributed by atoms with van der Waals surface area (Å²) in [5, 5.41) is 11.7. The summed E-state index contributed by atoms with van der Waals surface area (Å²) < 4.78 is 0. The Labute approximate surface area is 112 Å². The van der Waals surface area contributed by atoms with Gasteiger partial charge in [0.2, 0.25) is 5.91 Å². The summed E-state index contributed by atoms with van der Waals surface area (Å²) in [6.45, 7) is 4.32. The van der Waals surface area contributed by atoms with E-state index in [1.54, 1.807) is 25.1 Å². The van der Waals surface area contributed by atoms with Crippen molar-refractivity contribution in [1.29, 1.82) is 0 Å². The van der Waals surface area contributed by atoms with Crippen LogP contribution in [0.25, 0.3) is 0 Å². The second-order valence-electron chi connectivity index (χ2n) is 4.78. The lowest BCUT2D eigenvalue weighted by atomic mass is 10.1. The standard InChI is InChI=1S/C14H20N2O3/c1-9-3-5-12(11(7-9)14(18)19)16-13(17)6-4-10(2)8-15/h3,5,7,10H,4,6,8,15H2,1-2H3,(H,16,17)(H,18,19). The minimum absolute atomic E-state index is 0.111. The van der Waals surface area contributed by atoms with Gasteiger partial charge in [-0.2, -0.15) is 0 Å². The van der Waals surface area contributed by atoms with Gasteiger partial charge in [-0.1, -0.05) is 18.6 Å². The molecule has 0 bridgehead atoms. The maximum absolute atomic E-state index is 11.7. The van der Waals surface area contributed by atoms with Gasteiger partial charge in [-0.05, 0) is 37.9 Å². The molecular weight excluding hydrogens is 244 g/mol. The number of aryl methyl sites for hydroxylation is 1. The van der Waals surface area contributed by atoms with Gasteiger partial charge in [0.1, 0.15) is 0 Å². The van der Waals surface area contributed by atoms with Crippen molar-refractivity contribution in [3.8, 4) is 0 Å². The number of carboxylic acid groups (broad SMARTS) is 1. The molecule has 1 atom stereocenters. The van der Waals surface area contributed by atoms with Crippen molar-refractivity contribution < 1.29 is 14.7 Å². The summed E-state index contributed by atoms with van der Waals surface area (Å²) in [7, 11) is 0. The normalized spacial score (nSPS) is 11.9. The molecule has 0 fully saturated rings. The zero-order valence-electron chi connectivity index (χ0n) is 11.3. The van der Waals surface area contributed by atoms with Crippen molar-refractivity contribution in [2.75, 3.05) is 11.9 Å². The van der Waals surface area contributed by atoms with Crippen LogP contribution in [0.5, 0.6) is 0 Å². The summed E-state index contributed by atoms with van der Waals surface area (Å²) >= 11 is 0. The molecule has 104 valence electrons. The third-order valence-electron chi connectivity index (χ3n) is 2.95. The molecule has 1 aromatic carbocycles. The average Bonchev–Trinajstić information content (AvgIpc) is 2.37. The van der Waals surface area contributed by atoms with Gasteiger partial charge >= 0.3 is 5.97 Å². The number of carbonyl (C=O) groups excluding carboxylic acids is 1. The molecule has 0 aliphatic rings. The van der Waals surface area contributed by atoms with E-state index in [-0.39, 0.29) is 17.4 Å². The number of hydrogen-bond acceptors (Lipinski definition) is 3. The van der Waals surface area contributed by atoms with E-state index in [4.69, 9.17) is 10.8 Å². The van der Waals surface area contributed by atoms with Gasteiger partial charge in [0, 0.05) is 6.42 Å². The van der Waals surface area contributed by atoms with E-state index < -0.39 is 5.97 Å². The number of carbonyl (C=O) groups is 2. The minimum atomic E-state index is -1.05. The Kier molecular flexibility index (Phi) is 5.51. The molecule has 0 saturated carbocycles. The maximum Gasteiger partial charge on any atom is 0.337 e. The fourth-order valence-electron chi connectivity index (χ4n) is 1.65. The summed E-state index contributed by atoms with van der Waals surface area (Å²) in [4.78, 5) is 22.8. The van der Waals surface area contributed by atoms with Crippen LogP contribution in [0.15, 0.2) is 18.2 Å². The van der Waals surface area contributed by atoms with Crippen LogP contribution in [-0.4, -0.2) is 23.5 Å². The van der Waals surface area contributed by atoms with Crippen LogP contribution < -0.4 is 11.1 Å². The summed E-state index contributed by atoms with van der Waals surface area (Å²) in [6.07, 6.45) is 1.03. The molecule has 5 heteroatoms. The van der Waals surface area contributed by atoms with Crippen LogP contribution >= 0.6 is 0 Å². The number of anilines is 1. The highest BCUT2D eigenvalue weighted by Crippen LogP contribution is 2.18. The lowest BCUT2D eigenvalue weighted by molar-refractivity contribution is -0.116. The first kappa shape index (κ1) is 15.2. The highest BCUT2D eigenvalue weighted by atomic mass is 16.4. The number of hydrogen-bond donors (Lipinski definition) is 3. The first-order valence-corrected chi connectivity index (χ1v) is 6.28. The lowest BCUT2D eigenvalue weighted by Gasteiger charge is -2.11. The topological polar surface area (TPSA) is 92.4 Å². The number of benzene rings is 1. The van der Waals surface area contributed by atoms with Crippen LogP contribution in [0, 0.1) is 12.8 Å². The average molecular weight is 264 g/mol. The van der Waals surface area contributed by atoms with Crippen molar-refractivity contribution >= 4 is 17.6 Å². The minimum Gasteiger partial charge on any atom is -0.478 e. The number of amides is 1. The maximum atomic E-state index is 11.7. The molecule has 0 heterocycles. The van der Waals surface area contributed by atoms with Crippen molar-refractivity contribution in [2.24, 2.45) is 11.7 Å². The van der Waals surface area contributed by atoms with E-state index in [9.17, 15) is 9.59 Å². The molecule has 0 radical (unpaired) electrons. The van der Waals surface area contributed by atoms with Gasteiger partial charge in [-0.25, -0.2) is 4.79 Å². The number of rotatable bonds is 6. The van der Waals surface area contributed by atoms with Gasteiger partial charge in [-0.15, -0.1) is 0 Å². The third-order valence-corrected chi connectivity index (χ3v) is 2.95. The zero-order valence-corrected chi connectivity index (χ0v) is 11.3. The van der Waals surface area contributed by atoms with Crippen LogP contribution in [-0.2, 0) is 4.79 Å². The third kappa shape index (κ3) is 4.71. The fourth-order valence-corrected chi connectivity index (χ4v) is 1.65. The van der Waals surface area contributed by atoms with Crippen molar-refractivity contribution in [2.45, 2.75) is 26.7 Å².